The van der Waals surface area contributed by atoms with Gasteiger partial charge in [0.25, 0.3) is 0 Å². The fourth-order valence-corrected chi connectivity index (χ4v) is 2.47. The summed E-state index contributed by atoms with van der Waals surface area (Å²) in [6.45, 7) is 21.5. The monoisotopic (exact) mass is 434 g/mol. The Morgan fingerprint density at radius 3 is 0.906 bits per heavy atom. The summed E-state index contributed by atoms with van der Waals surface area (Å²) in [6, 6.07) is 19.3. The summed E-state index contributed by atoms with van der Waals surface area (Å²) < 4.78 is 0. The van der Waals surface area contributed by atoms with Crippen molar-refractivity contribution < 1.29 is 0 Å². The molecular formula is C30H46N2. The normalized spacial score (nSPS) is 11.2. The molecule has 0 saturated heterocycles. The van der Waals surface area contributed by atoms with E-state index in [-0.39, 0.29) is 0 Å². The molecule has 2 heteroatoms. The second kappa shape index (κ2) is 15.3. The van der Waals surface area contributed by atoms with Crippen LogP contribution in [-0.2, 0) is 12.8 Å². The van der Waals surface area contributed by atoms with Crippen molar-refractivity contribution in [2.45, 2.75) is 82.1 Å². The number of fused-ring (bicyclic) bond motifs is 2. The van der Waals surface area contributed by atoms with Gasteiger partial charge in [0.05, 0.1) is 0 Å². The Hall–Kier alpha value is -2.48. The molecule has 0 fully saturated rings. The maximum absolute atomic E-state index is 3.67. The van der Waals surface area contributed by atoms with Crippen molar-refractivity contribution in [2.24, 2.45) is 10.8 Å². The van der Waals surface area contributed by atoms with E-state index >= 15 is 0 Å². The molecule has 4 rings (SSSR count). The Morgan fingerprint density at radius 2 is 0.750 bits per heavy atom. The van der Waals surface area contributed by atoms with Crippen LogP contribution in [0.25, 0.3) is 0 Å². The van der Waals surface area contributed by atoms with Crippen molar-refractivity contribution in [3.05, 3.63) is 95.6 Å². The van der Waals surface area contributed by atoms with E-state index in [0.29, 0.717) is 10.8 Å². The molecule has 0 atom stereocenters. The quantitative estimate of drug-likeness (QED) is 0.276. The molecule has 0 unspecified atom stereocenters. The lowest BCUT2D eigenvalue weighted by atomic mass is 9.86. The van der Waals surface area contributed by atoms with Crippen molar-refractivity contribution in [1.82, 2.24) is 9.97 Å². The van der Waals surface area contributed by atoms with Crippen LogP contribution in [0.2, 0.25) is 0 Å². The highest BCUT2D eigenvalue weighted by molar-refractivity contribution is 5.44. The van der Waals surface area contributed by atoms with Crippen molar-refractivity contribution >= 4 is 0 Å². The van der Waals surface area contributed by atoms with Gasteiger partial charge in [0, 0.05) is 12.4 Å². The molecule has 1 aromatic heterocycles. The molecule has 0 spiro atoms. The Balaban J connectivity index is 0.000000449. The van der Waals surface area contributed by atoms with Gasteiger partial charge >= 0.3 is 0 Å². The van der Waals surface area contributed by atoms with Crippen molar-refractivity contribution in [2.75, 3.05) is 0 Å². The molecule has 1 aliphatic rings. The Labute approximate surface area is 198 Å². The van der Waals surface area contributed by atoms with Crippen LogP contribution in [0.5, 0.6) is 0 Å². The van der Waals surface area contributed by atoms with Gasteiger partial charge < -0.3 is 0 Å². The highest BCUT2D eigenvalue weighted by Gasteiger charge is 2.13. The second-order valence-corrected chi connectivity index (χ2v) is 10.8. The maximum atomic E-state index is 3.67. The Bertz CT molecular complexity index is 702. The number of nitrogens with zero attached hydrogens (tertiary/aromatic N) is 2. The van der Waals surface area contributed by atoms with Crippen molar-refractivity contribution in [3.63, 3.8) is 0 Å². The molecule has 0 saturated carbocycles. The minimum absolute atomic E-state index is 0.500. The summed E-state index contributed by atoms with van der Waals surface area (Å²) in [7, 11) is 0. The zero-order valence-electron chi connectivity index (χ0n) is 22.2. The van der Waals surface area contributed by atoms with Gasteiger partial charge in [0.2, 0.25) is 0 Å². The topological polar surface area (TPSA) is 25.8 Å². The third kappa shape index (κ3) is 17.2. The van der Waals surface area contributed by atoms with Gasteiger partial charge in [-0.2, -0.15) is 0 Å². The van der Waals surface area contributed by atoms with Crippen LogP contribution < -0.4 is 0 Å². The number of rotatable bonds is 0. The van der Waals surface area contributed by atoms with Gasteiger partial charge in [0.15, 0.2) is 0 Å². The smallest absolute Gasteiger partial charge is 0.115 e. The third-order valence-corrected chi connectivity index (χ3v) is 3.48. The van der Waals surface area contributed by atoms with Crippen molar-refractivity contribution in [3.8, 4) is 0 Å². The lowest BCUT2D eigenvalue weighted by Gasteiger charge is -2.18. The first kappa shape index (κ1) is 29.5. The summed E-state index contributed by atoms with van der Waals surface area (Å²) in [5, 5.41) is 0. The first-order chi connectivity index (χ1) is 14.9. The first-order valence-electron chi connectivity index (χ1n) is 11.8. The van der Waals surface area contributed by atoms with E-state index < -0.39 is 0 Å². The predicted octanol–water partition coefficient (Wildman–Crippen LogP) is 8.79. The molecule has 32 heavy (non-hydrogen) atoms. The van der Waals surface area contributed by atoms with Gasteiger partial charge in [-0.1, -0.05) is 118 Å². The first-order valence-corrected chi connectivity index (χ1v) is 11.8. The van der Waals surface area contributed by atoms with E-state index in [1.165, 1.54) is 28.6 Å². The van der Waals surface area contributed by atoms with E-state index in [0.717, 1.165) is 12.8 Å². The largest absolute Gasteiger partial charge is 0.245 e. The van der Waals surface area contributed by atoms with Gasteiger partial charge in [0.1, 0.15) is 6.33 Å². The van der Waals surface area contributed by atoms with Gasteiger partial charge in [-0.05, 0) is 52.0 Å². The van der Waals surface area contributed by atoms with Crippen LogP contribution in [0.4, 0.5) is 0 Å². The molecule has 0 aliphatic heterocycles. The molecule has 3 aromatic rings. The average Bonchev–Trinajstić information content (AvgIpc) is 2.73. The van der Waals surface area contributed by atoms with E-state index in [2.05, 4.69) is 114 Å². The molecule has 0 amide bonds. The van der Waals surface area contributed by atoms with Gasteiger partial charge in [-0.25, -0.2) is 9.97 Å². The standard InChI is InChI=1S/C14H12.2C5H12.C4H4N2.C2H6/c1-2-6-12-10-14-8-4-3-7-13(14)9-11(12)5-1;2*1-5(2,3)4;1-2-5-4-6-3-1;1-2/h1-8H,9-10H2;2*1-4H3;1-4H;1-2H3. The highest BCUT2D eigenvalue weighted by Crippen LogP contribution is 2.26. The zero-order chi connectivity index (χ0) is 24.6. The molecule has 1 heterocycles. The van der Waals surface area contributed by atoms with E-state index in [4.69, 9.17) is 0 Å². The number of aromatic nitrogens is 2. The van der Waals surface area contributed by atoms with E-state index in [1.807, 2.05) is 13.8 Å². The van der Waals surface area contributed by atoms with E-state index in [1.54, 1.807) is 18.5 Å². The predicted molar refractivity (Wildman–Crippen MR) is 142 cm³/mol. The molecule has 0 bridgehead atoms. The summed E-state index contributed by atoms with van der Waals surface area (Å²) in [4.78, 5) is 7.35. The lowest BCUT2D eigenvalue weighted by molar-refractivity contribution is 0.469. The fraction of sp³-hybridized carbons (Fsp3) is 0.467. The molecule has 0 N–H and O–H groups in total. The summed E-state index contributed by atoms with van der Waals surface area (Å²) in [5.41, 5.74) is 6.97. The summed E-state index contributed by atoms with van der Waals surface area (Å²) >= 11 is 0. The van der Waals surface area contributed by atoms with Crippen LogP contribution in [0.3, 0.4) is 0 Å². The molecule has 176 valence electrons. The maximum Gasteiger partial charge on any atom is 0.115 e. The Morgan fingerprint density at radius 1 is 0.500 bits per heavy atom. The van der Waals surface area contributed by atoms with E-state index in [9.17, 15) is 0 Å². The fourth-order valence-electron chi connectivity index (χ4n) is 2.47. The summed E-state index contributed by atoms with van der Waals surface area (Å²) in [5.74, 6) is 0. The minimum atomic E-state index is 0.500. The van der Waals surface area contributed by atoms with Crippen molar-refractivity contribution in [1.29, 1.82) is 0 Å². The number of hydrogen-bond acceptors (Lipinski definition) is 2. The van der Waals surface area contributed by atoms with Crippen LogP contribution >= 0.6 is 0 Å². The van der Waals surface area contributed by atoms with Crippen LogP contribution in [0.15, 0.2) is 73.3 Å². The second-order valence-electron chi connectivity index (χ2n) is 10.8. The average molecular weight is 435 g/mol. The van der Waals surface area contributed by atoms with Crippen LogP contribution in [0, 0.1) is 10.8 Å². The van der Waals surface area contributed by atoms with Gasteiger partial charge in [-0.15, -0.1) is 0 Å². The molecular weight excluding hydrogens is 388 g/mol. The minimum Gasteiger partial charge on any atom is -0.245 e. The zero-order valence-corrected chi connectivity index (χ0v) is 22.2. The molecule has 1 aliphatic carbocycles. The molecule has 0 radical (unpaired) electrons. The lowest BCUT2D eigenvalue weighted by Crippen LogP contribution is -2.06. The Kier molecular flexibility index (Phi) is 14.2. The number of benzene rings is 2. The van der Waals surface area contributed by atoms with Crippen LogP contribution in [-0.4, -0.2) is 9.97 Å². The SMILES string of the molecule is CC.CC(C)(C)C.CC(C)(C)C.c1ccc2c(c1)Cc1ccccc1C2.c1cncnc1. The highest BCUT2D eigenvalue weighted by atomic mass is 14.8. The summed E-state index contributed by atoms with van der Waals surface area (Å²) in [6.07, 6.45) is 7.08. The third-order valence-electron chi connectivity index (χ3n) is 3.48. The number of hydrogen-bond donors (Lipinski definition) is 0. The van der Waals surface area contributed by atoms with Gasteiger partial charge in [-0.3, -0.25) is 0 Å². The molecule has 2 aromatic carbocycles. The van der Waals surface area contributed by atoms with Crippen LogP contribution in [0.1, 0.15) is 91.5 Å². The molecule has 2 nitrogen and oxygen atoms in total.